The molecule has 186 valence electrons. The molecule has 2 amide bonds. The van der Waals surface area contributed by atoms with Gasteiger partial charge in [-0.2, -0.15) is 0 Å². The first-order valence-electron chi connectivity index (χ1n) is 11.9. The molecule has 35 heavy (non-hydrogen) atoms. The van der Waals surface area contributed by atoms with Crippen LogP contribution in [0.15, 0.2) is 36.4 Å². The second kappa shape index (κ2) is 9.55. The Hall–Kier alpha value is -1.86. The lowest BCUT2D eigenvalue weighted by Gasteiger charge is -2.51. The second-order valence-corrected chi connectivity index (χ2v) is 11.2. The van der Waals surface area contributed by atoms with Gasteiger partial charge in [0.05, 0.1) is 5.41 Å². The fourth-order valence-electron chi connectivity index (χ4n) is 5.85. The third-order valence-corrected chi connectivity index (χ3v) is 8.81. The quantitative estimate of drug-likeness (QED) is 0.549. The van der Waals surface area contributed by atoms with Crippen LogP contribution in [0.1, 0.15) is 36.8 Å². The third-order valence-electron chi connectivity index (χ3n) is 7.91. The number of hydrogen-bond donors (Lipinski definition) is 1. The molecular formula is C26H27Cl3FN3O2. The van der Waals surface area contributed by atoms with Crippen LogP contribution in [-0.4, -0.2) is 53.3 Å². The molecule has 0 aromatic heterocycles. The van der Waals surface area contributed by atoms with Gasteiger partial charge < -0.3 is 15.5 Å². The Labute approximate surface area is 219 Å². The number of nitrogens with zero attached hydrogens (tertiary/aromatic N) is 2. The molecule has 9 heteroatoms. The molecule has 6 rings (SSSR count). The van der Waals surface area contributed by atoms with Gasteiger partial charge in [-0.3, -0.25) is 9.59 Å². The van der Waals surface area contributed by atoms with E-state index in [-0.39, 0.29) is 29.3 Å². The maximum Gasteiger partial charge on any atom is 0.240 e. The number of primary amides is 1. The minimum Gasteiger partial charge on any atom is -0.368 e. The van der Waals surface area contributed by atoms with Gasteiger partial charge in [0.2, 0.25) is 11.8 Å². The van der Waals surface area contributed by atoms with Crippen molar-refractivity contribution in [1.29, 1.82) is 0 Å². The summed E-state index contributed by atoms with van der Waals surface area (Å²) in [6, 6.07) is 8.19. The summed E-state index contributed by atoms with van der Waals surface area (Å²) in [4.78, 5) is 31.4. The Morgan fingerprint density at radius 2 is 1.80 bits per heavy atom. The summed E-state index contributed by atoms with van der Waals surface area (Å²) in [5.41, 5.74) is 6.44. The normalized spacial score (nSPS) is 25.2. The molecule has 3 aliphatic heterocycles. The van der Waals surface area contributed by atoms with Crippen molar-refractivity contribution < 1.29 is 14.0 Å². The largest absolute Gasteiger partial charge is 0.368 e. The van der Waals surface area contributed by atoms with E-state index in [2.05, 4.69) is 4.90 Å². The molecule has 1 aliphatic carbocycles. The molecule has 5 nitrogen and oxygen atoms in total. The first kappa shape index (κ1) is 24.8. The first-order valence-corrected chi connectivity index (χ1v) is 13.1. The predicted molar refractivity (Wildman–Crippen MR) is 135 cm³/mol. The Bertz CT molecular complexity index is 1160. The van der Waals surface area contributed by atoms with Crippen molar-refractivity contribution in [2.24, 2.45) is 11.7 Å². The predicted octanol–water partition coefficient (Wildman–Crippen LogP) is 4.84. The lowest BCUT2D eigenvalue weighted by atomic mass is 9.80. The fourth-order valence-corrected chi connectivity index (χ4v) is 6.69. The Morgan fingerprint density at radius 3 is 2.34 bits per heavy atom. The van der Waals surface area contributed by atoms with Gasteiger partial charge in [0, 0.05) is 34.1 Å². The minimum absolute atomic E-state index is 0.119. The van der Waals surface area contributed by atoms with Gasteiger partial charge in [-0.05, 0) is 80.1 Å². The zero-order chi connectivity index (χ0) is 24.9. The summed E-state index contributed by atoms with van der Waals surface area (Å²) in [6.45, 7) is 2.67. The van der Waals surface area contributed by atoms with Crippen molar-refractivity contribution in [1.82, 2.24) is 9.80 Å². The van der Waals surface area contributed by atoms with Crippen molar-refractivity contribution in [2.45, 2.75) is 49.6 Å². The number of fused-ring (bicyclic) bond motifs is 3. The molecule has 2 bridgehead atoms. The minimum atomic E-state index is -0.917. The highest BCUT2D eigenvalue weighted by molar-refractivity contribution is 6.35. The third kappa shape index (κ3) is 4.66. The maximum absolute atomic E-state index is 14.4. The number of amides is 2. The molecular weight excluding hydrogens is 512 g/mol. The van der Waals surface area contributed by atoms with Gasteiger partial charge >= 0.3 is 0 Å². The molecule has 4 aliphatic rings. The Balaban J connectivity index is 1.56. The fraction of sp³-hybridized carbons (Fsp3) is 0.462. The average Bonchev–Trinajstić information content (AvgIpc) is 3.62. The van der Waals surface area contributed by atoms with Crippen LogP contribution in [0.4, 0.5) is 4.39 Å². The molecule has 0 unspecified atom stereocenters. The Morgan fingerprint density at radius 1 is 1.09 bits per heavy atom. The van der Waals surface area contributed by atoms with Crippen LogP contribution in [0, 0.1) is 11.7 Å². The van der Waals surface area contributed by atoms with Crippen LogP contribution < -0.4 is 5.73 Å². The lowest BCUT2D eigenvalue weighted by molar-refractivity contribution is -0.149. The molecule has 2 aromatic rings. The molecule has 0 spiro atoms. The zero-order valence-electron chi connectivity index (χ0n) is 19.2. The summed E-state index contributed by atoms with van der Waals surface area (Å²) in [5, 5.41) is 1.14. The van der Waals surface area contributed by atoms with Crippen LogP contribution in [0.2, 0.25) is 15.1 Å². The monoisotopic (exact) mass is 537 g/mol. The van der Waals surface area contributed by atoms with E-state index in [4.69, 9.17) is 40.5 Å². The number of carbonyl (C=O) groups is 2. The van der Waals surface area contributed by atoms with Crippen LogP contribution in [0.3, 0.4) is 0 Å². The van der Waals surface area contributed by atoms with E-state index in [0.29, 0.717) is 35.0 Å². The second-order valence-electron chi connectivity index (χ2n) is 9.98. The van der Waals surface area contributed by atoms with Crippen LogP contribution >= 0.6 is 34.8 Å². The van der Waals surface area contributed by atoms with E-state index in [9.17, 15) is 14.0 Å². The molecule has 2 atom stereocenters. The molecule has 4 fully saturated rings. The molecule has 3 saturated heterocycles. The van der Waals surface area contributed by atoms with E-state index in [1.807, 2.05) is 0 Å². The summed E-state index contributed by atoms with van der Waals surface area (Å²) < 4.78 is 13.7. The number of carbonyl (C=O) groups excluding carboxylic acids is 2. The smallest absolute Gasteiger partial charge is 0.240 e. The number of piperidine rings is 3. The summed E-state index contributed by atoms with van der Waals surface area (Å²) >= 11 is 19.0. The highest BCUT2D eigenvalue weighted by atomic mass is 35.5. The van der Waals surface area contributed by atoms with Crippen molar-refractivity contribution in [3.8, 4) is 0 Å². The standard InChI is InChI=1S/C26H27Cl3FN3O2/c27-17-2-4-19(21(29)12-17)26(7-8-26)25(35)33(23-14-32-9-5-15(23)6-10-32)22(24(31)34)11-16-1-3-18(30)13-20(16)28/h1-4,12-13,15,22-23H,5-11,14H2,(H2,31,34)/t22-,23+/m0/s1. The number of rotatable bonds is 7. The summed E-state index contributed by atoms with van der Waals surface area (Å²) in [7, 11) is 0. The van der Waals surface area contributed by atoms with Crippen LogP contribution in [0.25, 0.3) is 0 Å². The molecule has 2 aromatic carbocycles. The van der Waals surface area contributed by atoms with E-state index in [1.165, 1.54) is 12.1 Å². The van der Waals surface area contributed by atoms with Gasteiger partial charge in [-0.25, -0.2) is 4.39 Å². The Kier molecular flexibility index (Phi) is 6.77. The van der Waals surface area contributed by atoms with Crippen molar-refractivity contribution >= 4 is 46.6 Å². The highest BCUT2D eigenvalue weighted by Crippen LogP contribution is 2.53. The first-order chi connectivity index (χ1) is 16.7. The zero-order valence-corrected chi connectivity index (χ0v) is 21.4. The SMILES string of the molecule is NC(=O)[C@H](Cc1ccc(F)cc1Cl)N(C(=O)C1(c2ccc(Cl)cc2Cl)CC1)[C@@H]1CN2CCC1CC2. The van der Waals surface area contributed by atoms with Crippen molar-refractivity contribution in [2.75, 3.05) is 19.6 Å². The summed E-state index contributed by atoms with van der Waals surface area (Å²) in [5.74, 6) is -0.921. The van der Waals surface area contributed by atoms with Gasteiger partial charge in [0.15, 0.2) is 0 Å². The highest BCUT2D eigenvalue weighted by Gasteiger charge is 2.57. The van der Waals surface area contributed by atoms with E-state index < -0.39 is 23.2 Å². The lowest BCUT2D eigenvalue weighted by Crippen LogP contribution is -2.65. The number of halogens is 4. The molecule has 1 saturated carbocycles. The van der Waals surface area contributed by atoms with Crippen molar-refractivity contribution in [3.05, 3.63) is 68.4 Å². The molecule has 3 heterocycles. The van der Waals surface area contributed by atoms with Crippen molar-refractivity contribution in [3.63, 3.8) is 0 Å². The van der Waals surface area contributed by atoms with Gasteiger partial charge in [-0.1, -0.05) is 46.9 Å². The van der Waals surface area contributed by atoms with Gasteiger partial charge in [0.25, 0.3) is 0 Å². The van der Waals surface area contributed by atoms with Gasteiger partial charge in [-0.15, -0.1) is 0 Å². The topological polar surface area (TPSA) is 66.6 Å². The molecule has 0 radical (unpaired) electrons. The van der Waals surface area contributed by atoms with Gasteiger partial charge in [0.1, 0.15) is 11.9 Å². The van der Waals surface area contributed by atoms with E-state index in [0.717, 1.165) is 31.5 Å². The summed E-state index contributed by atoms with van der Waals surface area (Å²) in [6.07, 6.45) is 3.31. The number of hydrogen-bond acceptors (Lipinski definition) is 3. The average molecular weight is 539 g/mol. The van der Waals surface area contributed by atoms with E-state index in [1.54, 1.807) is 29.2 Å². The van der Waals surface area contributed by atoms with Crippen LogP contribution in [-0.2, 0) is 21.4 Å². The van der Waals surface area contributed by atoms with Crippen LogP contribution in [0.5, 0.6) is 0 Å². The van der Waals surface area contributed by atoms with E-state index >= 15 is 0 Å². The number of benzene rings is 2. The maximum atomic E-state index is 14.4. The number of nitrogens with two attached hydrogens (primary N) is 1. The molecule has 2 N–H and O–H groups in total.